The van der Waals surface area contributed by atoms with Gasteiger partial charge in [-0.3, -0.25) is 4.90 Å². The zero-order chi connectivity index (χ0) is 13.4. The predicted molar refractivity (Wildman–Crippen MR) is 68.2 cm³/mol. The van der Waals surface area contributed by atoms with Crippen molar-refractivity contribution in [3.8, 4) is 0 Å². The molecule has 0 bridgehead atoms. The van der Waals surface area contributed by atoms with Gasteiger partial charge in [-0.15, -0.1) is 0 Å². The van der Waals surface area contributed by atoms with E-state index in [2.05, 4.69) is 10.0 Å². The third kappa shape index (κ3) is 2.41. The van der Waals surface area contributed by atoms with Crippen LogP contribution in [-0.2, 0) is 4.74 Å². The van der Waals surface area contributed by atoms with Gasteiger partial charge in [0.25, 0.3) is 0 Å². The van der Waals surface area contributed by atoms with Crippen LogP contribution in [-0.4, -0.2) is 92.2 Å². The number of carbonyl (C=O) groups excluding carboxylic acids is 1. The van der Waals surface area contributed by atoms with Gasteiger partial charge in [0.15, 0.2) is 18.2 Å². The van der Waals surface area contributed by atoms with Crippen LogP contribution in [0.1, 0.15) is 0 Å². The maximum absolute atomic E-state index is 11.9. The zero-order valence-corrected chi connectivity index (χ0v) is 11.6. The summed E-state index contributed by atoms with van der Waals surface area (Å²) in [5.74, 6) is 0.821. The van der Waals surface area contributed by atoms with Crippen LogP contribution in [0.4, 0.5) is 4.79 Å². The van der Waals surface area contributed by atoms with E-state index in [-0.39, 0.29) is 18.4 Å². The van der Waals surface area contributed by atoms with E-state index < -0.39 is 0 Å². The molecule has 2 unspecified atom stereocenters. The van der Waals surface area contributed by atoms with Gasteiger partial charge in [-0.1, -0.05) is 0 Å². The molecule has 0 spiro atoms. The van der Waals surface area contributed by atoms with Gasteiger partial charge in [0, 0.05) is 34.2 Å². The number of urea groups is 1. The van der Waals surface area contributed by atoms with E-state index in [1.165, 1.54) is 5.01 Å². The molecule has 0 aromatic rings. The fraction of sp³-hybridized carbons (Fsp3) is 0.818. The van der Waals surface area contributed by atoms with Crippen molar-refractivity contribution in [2.75, 3.05) is 48.3 Å². The number of hydrazone groups is 1. The molecule has 2 amide bonds. The highest BCUT2D eigenvalue weighted by Crippen LogP contribution is 2.30. The minimum atomic E-state index is -0.164. The summed E-state index contributed by atoms with van der Waals surface area (Å²) in [4.78, 5) is 17.6. The standard InChI is InChI=1S/C11H21N5O2/c1-13(2)6-7-14(3)9-8-10(18-8)15(4)11(17)16(5)12-9/h8,10H,6-7H2,1-5H3. The summed E-state index contributed by atoms with van der Waals surface area (Å²) in [5, 5.41) is 5.72. The van der Waals surface area contributed by atoms with Crippen molar-refractivity contribution in [2.24, 2.45) is 5.10 Å². The number of carbonyl (C=O) groups is 1. The molecule has 102 valence electrons. The average Bonchev–Trinajstić information content (AvgIpc) is 3.10. The highest BCUT2D eigenvalue weighted by atomic mass is 16.6. The lowest BCUT2D eigenvalue weighted by molar-refractivity contribution is 0.150. The first-order valence-corrected chi connectivity index (χ1v) is 6.02. The quantitative estimate of drug-likeness (QED) is 0.639. The number of epoxide rings is 1. The molecule has 0 saturated carbocycles. The molecule has 2 atom stereocenters. The summed E-state index contributed by atoms with van der Waals surface area (Å²) in [6, 6.07) is -0.140. The summed E-state index contributed by atoms with van der Waals surface area (Å²) >= 11 is 0. The van der Waals surface area contributed by atoms with Crippen molar-refractivity contribution in [3.63, 3.8) is 0 Å². The van der Waals surface area contributed by atoms with Crippen LogP contribution in [0.2, 0.25) is 0 Å². The Kier molecular flexibility index (Phi) is 3.45. The molecule has 7 nitrogen and oxygen atoms in total. The number of likely N-dealkylation sites (N-methyl/N-ethyl adjacent to an activating group) is 3. The van der Waals surface area contributed by atoms with Crippen LogP contribution in [0.15, 0.2) is 5.10 Å². The SMILES string of the molecule is CN(C)CCN(C)C1=NN(C)C(=O)N(C)C2OC12. The van der Waals surface area contributed by atoms with Gasteiger partial charge >= 0.3 is 6.03 Å². The molecule has 0 radical (unpaired) electrons. The van der Waals surface area contributed by atoms with Gasteiger partial charge in [-0.05, 0) is 14.1 Å². The number of nitrogens with zero attached hydrogens (tertiary/aromatic N) is 5. The molecule has 2 rings (SSSR count). The lowest BCUT2D eigenvalue weighted by Crippen LogP contribution is -2.37. The Morgan fingerprint density at radius 3 is 2.56 bits per heavy atom. The fourth-order valence-electron chi connectivity index (χ4n) is 1.94. The van der Waals surface area contributed by atoms with Crippen LogP contribution in [0.25, 0.3) is 0 Å². The molecule has 0 aromatic heterocycles. The first-order chi connectivity index (χ1) is 8.41. The average molecular weight is 255 g/mol. The largest absolute Gasteiger partial charge is 0.358 e. The normalized spacial score (nSPS) is 27.0. The Balaban J connectivity index is 2.07. The third-order valence-corrected chi connectivity index (χ3v) is 3.21. The molecule has 1 fully saturated rings. The van der Waals surface area contributed by atoms with Gasteiger partial charge in [0.05, 0.1) is 0 Å². The number of fused-ring (bicyclic) bond motifs is 1. The van der Waals surface area contributed by atoms with E-state index in [1.54, 1.807) is 19.0 Å². The molecule has 2 aliphatic heterocycles. The van der Waals surface area contributed by atoms with Gasteiger partial charge in [-0.25, -0.2) is 9.80 Å². The number of hydrogen-bond acceptors (Lipinski definition) is 5. The topological polar surface area (TPSA) is 54.9 Å². The van der Waals surface area contributed by atoms with Crippen molar-refractivity contribution < 1.29 is 9.53 Å². The molecule has 18 heavy (non-hydrogen) atoms. The smallest absolute Gasteiger partial charge is 0.342 e. The van der Waals surface area contributed by atoms with Crippen LogP contribution in [0.5, 0.6) is 0 Å². The van der Waals surface area contributed by atoms with E-state index >= 15 is 0 Å². The number of hydrogen-bond donors (Lipinski definition) is 0. The van der Waals surface area contributed by atoms with E-state index in [0.717, 1.165) is 18.9 Å². The maximum Gasteiger partial charge on any atom is 0.342 e. The number of amides is 2. The van der Waals surface area contributed by atoms with Crippen molar-refractivity contribution in [3.05, 3.63) is 0 Å². The predicted octanol–water partition coefficient (Wildman–Crippen LogP) is -0.485. The summed E-state index contributed by atoms with van der Waals surface area (Å²) in [6.45, 7) is 1.78. The van der Waals surface area contributed by atoms with Crippen molar-refractivity contribution in [1.29, 1.82) is 0 Å². The minimum absolute atomic E-state index is 0.0870. The maximum atomic E-state index is 11.9. The number of amidine groups is 1. The Morgan fingerprint density at radius 2 is 1.94 bits per heavy atom. The highest BCUT2D eigenvalue weighted by molar-refractivity contribution is 5.92. The second kappa shape index (κ2) is 4.74. The van der Waals surface area contributed by atoms with Crippen LogP contribution < -0.4 is 0 Å². The lowest BCUT2D eigenvalue weighted by Gasteiger charge is -2.23. The highest BCUT2D eigenvalue weighted by Gasteiger charge is 2.51. The van der Waals surface area contributed by atoms with Gasteiger partial charge < -0.3 is 14.5 Å². The minimum Gasteiger partial charge on any atom is -0.358 e. The monoisotopic (exact) mass is 255 g/mol. The Hall–Kier alpha value is -1.34. The van der Waals surface area contributed by atoms with Crippen molar-refractivity contribution >= 4 is 11.9 Å². The van der Waals surface area contributed by atoms with E-state index in [0.29, 0.717) is 0 Å². The van der Waals surface area contributed by atoms with Crippen molar-refractivity contribution in [2.45, 2.75) is 12.3 Å². The second-order valence-corrected chi connectivity index (χ2v) is 5.05. The lowest BCUT2D eigenvalue weighted by atomic mass is 10.3. The Labute approximate surface area is 108 Å². The van der Waals surface area contributed by atoms with Gasteiger partial charge in [0.2, 0.25) is 0 Å². The van der Waals surface area contributed by atoms with Gasteiger partial charge in [0.1, 0.15) is 0 Å². The molecular weight excluding hydrogens is 234 g/mol. The van der Waals surface area contributed by atoms with E-state index in [9.17, 15) is 4.79 Å². The second-order valence-electron chi connectivity index (χ2n) is 5.05. The first-order valence-electron chi connectivity index (χ1n) is 6.02. The number of rotatable bonds is 3. The zero-order valence-electron chi connectivity index (χ0n) is 11.6. The summed E-state index contributed by atoms with van der Waals surface area (Å²) in [7, 11) is 9.45. The van der Waals surface area contributed by atoms with Gasteiger partial charge in [-0.2, -0.15) is 5.10 Å². The van der Waals surface area contributed by atoms with E-state index in [4.69, 9.17) is 4.74 Å². The first kappa shape index (κ1) is 13.1. The van der Waals surface area contributed by atoms with E-state index in [1.807, 2.05) is 26.0 Å². The molecule has 0 aromatic carbocycles. The summed E-state index contributed by atoms with van der Waals surface area (Å²) in [6.07, 6.45) is -0.251. The molecular formula is C11H21N5O2. The molecule has 7 heteroatoms. The van der Waals surface area contributed by atoms with Crippen LogP contribution >= 0.6 is 0 Å². The number of ether oxygens (including phenoxy) is 1. The molecule has 2 heterocycles. The van der Waals surface area contributed by atoms with Crippen LogP contribution in [0.3, 0.4) is 0 Å². The third-order valence-electron chi connectivity index (χ3n) is 3.21. The fourth-order valence-corrected chi connectivity index (χ4v) is 1.94. The Morgan fingerprint density at radius 1 is 1.28 bits per heavy atom. The molecule has 2 aliphatic rings. The molecule has 1 saturated heterocycles. The van der Waals surface area contributed by atoms with Crippen molar-refractivity contribution in [1.82, 2.24) is 19.7 Å². The molecule has 0 aliphatic carbocycles. The summed E-state index contributed by atoms with van der Waals surface area (Å²) < 4.78 is 5.52. The summed E-state index contributed by atoms with van der Waals surface area (Å²) in [5.41, 5.74) is 0. The van der Waals surface area contributed by atoms with Crippen LogP contribution in [0, 0.1) is 0 Å². The Bertz CT molecular complexity index is 370. The molecule has 0 N–H and O–H groups in total.